The average molecular weight is 333 g/mol. The van der Waals surface area contributed by atoms with Gasteiger partial charge in [-0.3, -0.25) is 0 Å². The Balaban J connectivity index is 2.14. The molecule has 10 heteroatoms. The molecule has 0 bridgehead atoms. The molecular weight excluding hydrogens is 319 g/mol. The molecule has 1 saturated heterocycles. The van der Waals surface area contributed by atoms with Crippen LogP contribution < -0.4 is 10.5 Å². The maximum atomic E-state index is 14.3. The number of hydrogen-bond acceptors (Lipinski definition) is 7. The highest BCUT2D eigenvalue weighted by Crippen LogP contribution is 2.38. The van der Waals surface area contributed by atoms with Gasteiger partial charge in [-0.05, 0) is 0 Å². The fourth-order valence-electron chi connectivity index (χ4n) is 2.51. The Kier molecular flexibility index (Phi) is 3.81. The van der Waals surface area contributed by atoms with Crippen molar-refractivity contribution in [3.63, 3.8) is 0 Å². The zero-order valence-electron chi connectivity index (χ0n) is 11.5. The predicted molar refractivity (Wildman–Crippen MR) is 75.4 cm³/mol. The summed E-state index contributed by atoms with van der Waals surface area (Å²) >= 11 is 6.14. The molecule has 0 saturated carbocycles. The maximum Gasteiger partial charge on any atom is 0.229 e. The van der Waals surface area contributed by atoms with Gasteiger partial charge in [0, 0.05) is 6.20 Å². The number of aliphatic hydroxyl groups is 2. The van der Waals surface area contributed by atoms with Crippen molar-refractivity contribution in [2.45, 2.75) is 24.6 Å². The highest BCUT2D eigenvalue weighted by Gasteiger charge is 2.45. The van der Waals surface area contributed by atoms with E-state index in [1.807, 2.05) is 0 Å². The van der Waals surface area contributed by atoms with Crippen molar-refractivity contribution in [3.8, 4) is 5.88 Å². The van der Waals surface area contributed by atoms with Crippen LogP contribution in [0.15, 0.2) is 6.20 Å². The van der Waals surface area contributed by atoms with Crippen LogP contribution in [-0.2, 0) is 4.74 Å². The number of methoxy groups -OCH3 is 1. The number of aliphatic hydroxyl groups excluding tert-OH is 2. The van der Waals surface area contributed by atoms with E-state index in [0.717, 1.165) is 0 Å². The number of hydrogen-bond donors (Lipinski definition) is 3. The number of aromatic nitrogens is 3. The van der Waals surface area contributed by atoms with Gasteiger partial charge in [-0.25, -0.2) is 4.39 Å². The lowest BCUT2D eigenvalue weighted by molar-refractivity contribution is -0.0457. The van der Waals surface area contributed by atoms with Crippen LogP contribution in [0.2, 0.25) is 5.02 Å². The Morgan fingerprint density at radius 3 is 2.86 bits per heavy atom. The molecule has 3 heterocycles. The van der Waals surface area contributed by atoms with Crippen molar-refractivity contribution in [2.24, 2.45) is 0 Å². The Bertz CT molecular complexity index is 712. The fraction of sp³-hybridized carbons (Fsp3) is 0.500. The van der Waals surface area contributed by atoms with Crippen molar-refractivity contribution >= 4 is 28.6 Å². The van der Waals surface area contributed by atoms with Gasteiger partial charge in [0.05, 0.1) is 24.1 Å². The van der Waals surface area contributed by atoms with Gasteiger partial charge in [-0.2, -0.15) is 9.97 Å². The topological polar surface area (TPSA) is 116 Å². The minimum absolute atomic E-state index is 0.0759. The van der Waals surface area contributed by atoms with Crippen LogP contribution in [0.4, 0.5) is 10.3 Å². The number of nitrogen functional groups attached to an aromatic ring is 1. The molecule has 0 aromatic carbocycles. The molecule has 4 atom stereocenters. The molecule has 2 aromatic heterocycles. The molecular formula is C12H14ClFN4O4. The van der Waals surface area contributed by atoms with Gasteiger partial charge in [0.25, 0.3) is 0 Å². The first-order valence-electron chi connectivity index (χ1n) is 6.44. The maximum absolute atomic E-state index is 14.3. The summed E-state index contributed by atoms with van der Waals surface area (Å²) < 4.78 is 26.0. The third kappa shape index (κ3) is 2.17. The quantitative estimate of drug-likeness (QED) is 0.738. The van der Waals surface area contributed by atoms with Crippen molar-refractivity contribution in [2.75, 3.05) is 19.5 Å². The van der Waals surface area contributed by atoms with Crippen LogP contribution in [0.25, 0.3) is 11.0 Å². The SMILES string of the molecule is COc1nc(N)nc2c1c(Cl)cn2[C@@H]1O[C@H](CO)[C@@H](O)[C@@H]1F. The van der Waals surface area contributed by atoms with E-state index in [4.69, 9.17) is 31.9 Å². The van der Waals surface area contributed by atoms with Gasteiger partial charge in [-0.1, -0.05) is 11.6 Å². The van der Waals surface area contributed by atoms with Crippen LogP contribution in [0.5, 0.6) is 5.88 Å². The van der Waals surface area contributed by atoms with E-state index in [0.29, 0.717) is 5.39 Å². The second kappa shape index (κ2) is 5.51. The van der Waals surface area contributed by atoms with E-state index in [1.165, 1.54) is 17.9 Å². The predicted octanol–water partition coefficient (Wildman–Crippen LogP) is 0.264. The zero-order chi connectivity index (χ0) is 16.0. The van der Waals surface area contributed by atoms with Gasteiger partial charge >= 0.3 is 0 Å². The summed E-state index contributed by atoms with van der Waals surface area (Å²) in [6.07, 6.45) is -4.04. The van der Waals surface area contributed by atoms with E-state index in [1.54, 1.807) is 0 Å². The monoisotopic (exact) mass is 332 g/mol. The van der Waals surface area contributed by atoms with Gasteiger partial charge in [-0.15, -0.1) is 0 Å². The Labute approximate surface area is 129 Å². The molecule has 0 unspecified atom stereocenters. The molecule has 1 aliphatic heterocycles. The Hall–Kier alpha value is -1.68. The van der Waals surface area contributed by atoms with Gasteiger partial charge in [0.1, 0.15) is 12.2 Å². The number of nitrogens with zero attached hydrogens (tertiary/aromatic N) is 3. The minimum atomic E-state index is -1.76. The summed E-state index contributed by atoms with van der Waals surface area (Å²) in [5.74, 6) is 0.0759. The molecule has 120 valence electrons. The molecule has 22 heavy (non-hydrogen) atoms. The molecule has 0 radical (unpaired) electrons. The van der Waals surface area contributed by atoms with Gasteiger partial charge in [0.15, 0.2) is 18.0 Å². The van der Waals surface area contributed by atoms with Crippen LogP contribution in [0.1, 0.15) is 6.23 Å². The molecule has 0 aliphatic carbocycles. The number of rotatable bonds is 3. The van der Waals surface area contributed by atoms with Gasteiger partial charge in [0.2, 0.25) is 11.8 Å². The first-order valence-corrected chi connectivity index (χ1v) is 6.81. The minimum Gasteiger partial charge on any atom is -0.480 e. The van der Waals surface area contributed by atoms with Crippen LogP contribution in [0, 0.1) is 0 Å². The highest BCUT2D eigenvalue weighted by atomic mass is 35.5. The standard InChI is InChI=1S/C12H14ClFN4O4/c1-21-10-6-4(13)2-18(9(6)16-12(15)17-10)11-7(14)8(20)5(3-19)22-11/h2,5,7-8,11,19-20H,3H2,1H3,(H2,15,16,17)/t5-,7+,8-,11-/m1/s1. The number of fused-ring (bicyclic) bond motifs is 1. The van der Waals surface area contributed by atoms with Crippen LogP contribution in [0.3, 0.4) is 0 Å². The van der Waals surface area contributed by atoms with Gasteiger partial charge < -0.3 is 30.0 Å². The Morgan fingerprint density at radius 2 is 2.27 bits per heavy atom. The number of halogens is 2. The summed E-state index contributed by atoms with van der Waals surface area (Å²) in [6, 6.07) is 0. The average Bonchev–Trinajstić information content (AvgIpc) is 2.97. The van der Waals surface area contributed by atoms with E-state index < -0.39 is 31.2 Å². The first-order chi connectivity index (χ1) is 10.5. The van der Waals surface area contributed by atoms with E-state index in [9.17, 15) is 9.50 Å². The lowest BCUT2D eigenvalue weighted by Gasteiger charge is -2.16. The second-order valence-electron chi connectivity index (χ2n) is 4.86. The summed E-state index contributed by atoms with van der Waals surface area (Å²) in [7, 11) is 1.39. The second-order valence-corrected chi connectivity index (χ2v) is 5.26. The highest BCUT2D eigenvalue weighted by molar-refractivity contribution is 6.36. The number of ether oxygens (including phenoxy) is 2. The molecule has 8 nitrogen and oxygen atoms in total. The molecule has 1 fully saturated rings. The molecule has 2 aromatic rings. The van der Waals surface area contributed by atoms with E-state index >= 15 is 0 Å². The normalized spacial score (nSPS) is 28.4. The van der Waals surface area contributed by atoms with Crippen LogP contribution in [-0.4, -0.2) is 56.8 Å². The molecule has 1 aliphatic rings. The van der Waals surface area contributed by atoms with Crippen molar-refractivity contribution in [1.82, 2.24) is 14.5 Å². The van der Waals surface area contributed by atoms with E-state index in [2.05, 4.69) is 9.97 Å². The van der Waals surface area contributed by atoms with Crippen molar-refractivity contribution < 1.29 is 24.1 Å². The lowest BCUT2D eigenvalue weighted by Crippen LogP contribution is -2.30. The van der Waals surface area contributed by atoms with Crippen molar-refractivity contribution in [1.29, 1.82) is 0 Å². The number of alkyl halides is 1. The third-order valence-electron chi connectivity index (χ3n) is 3.55. The summed E-state index contributed by atoms with van der Waals surface area (Å²) in [4.78, 5) is 7.94. The molecule has 4 N–H and O–H groups in total. The first kappa shape index (κ1) is 15.2. The fourth-order valence-corrected chi connectivity index (χ4v) is 2.78. The largest absolute Gasteiger partial charge is 0.480 e. The zero-order valence-corrected chi connectivity index (χ0v) is 12.2. The smallest absolute Gasteiger partial charge is 0.229 e. The molecule has 0 amide bonds. The molecule has 0 spiro atoms. The van der Waals surface area contributed by atoms with Crippen LogP contribution >= 0.6 is 11.6 Å². The summed E-state index contributed by atoms with van der Waals surface area (Å²) in [5.41, 5.74) is 5.83. The third-order valence-corrected chi connectivity index (χ3v) is 3.84. The Morgan fingerprint density at radius 1 is 1.55 bits per heavy atom. The number of anilines is 1. The summed E-state index contributed by atoms with van der Waals surface area (Å²) in [6.45, 7) is -0.508. The van der Waals surface area contributed by atoms with E-state index in [-0.39, 0.29) is 22.5 Å². The number of nitrogens with two attached hydrogens (primary N) is 1. The lowest BCUT2D eigenvalue weighted by atomic mass is 10.1. The molecule has 3 rings (SSSR count). The summed E-state index contributed by atoms with van der Waals surface area (Å²) in [5, 5.41) is 19.4. The van der Waals surface area contributed by atoms with Crippen molar-refractivity contribution in [3.05, 3.63) is 11.2 Å².